The molecule has 156 valence electrons. The van der Waals surface area contributed by atoms with E-state index in [9.17, 15) is 13.6 Å². The van der Waals surface area contributed by atoms with Crippen LogP contribution in [0, 0.1) is 18.6 Å². The zero-order chi connectivity index (χ0) is 21.1. The van der Waals surface area contributed by atoms with E-state index in [4.69, 9.17) is 4.74 Å². The molecule has 1 fully saturated rings. The first-order chi connectivity index (χ1) is 14.5. The number of hydrogen-bond donors (Lipinski definition) is 0. The van der Waals surface area contributed by atoms with Gasteiger partial charge in [-0.2, -0.15) is 0 Å². The number of hydrogen-bond acceptors (Lipinski definition) is 6. The lowest BCUT2D eigenvalue weighted by Gasteiger charge is -2.32. The van der Waals surface area contributed by atoms with Gasteiger partial charge in [0.05, 0.1) is 25.3 Å². The molecule has 7 nitrogen and oxygen atoms in total. The molecule has 1 aliphatic rings. The summed E-state index contributed by atoms with van der Waals surface area (Å²) in [5.74, 6) is -1.32. The molecule has 0 radical (unpaired) electrons. The van der Waals surface area contributed by atoms with Crippen LogP contribution in [0.15, 0.2) is 41.0 Å². The van der Waals surface area contributed by atoms with Gasteiger partial charge in [-0.1, -0.05) is 22.4 Å². The Morgan fingerprint density at radius 2 is 1.93 bits per heavy atom. The van der Waals surface area contributed by atoms with Crippen molar-refractivity contribution in [1.29, 1.82) is 0 Å². The summed E-state index contributed by atoms with van der Waals surface area (Å²) in [7, 11) is 0. The average Bonchev–Trinajstić information content (AvgIpc) is 3.15. The normalized spacial score (nSPS) is 16.6. The highest BCUT2D eigenvalue weighted by atomic mass is 19.1. The Morgan fingerprint density at radius 3 is 2.67 bits per heavy atom. The fraction of sp³-hybridized carbons (Fsp3) is 0.333. The van der Waals surface area contributed by atoms with Crippen molar-refractivity contribution in [2.24, 2.45) is 0 Å². The van der Waals surface area contributed by atoms with Crippen LogP contribution in [-0.2, 0) is 22.4 Å². The minimum atomic E-state index is -0.606. The van der Waals surface area contributed by atoms with Crippen molar-refractivity contribution >= 4 is 5.91 Å². The largest absolute Gasteiger partial charge is 0.368 e. The molecular formula is C21H20F2N4O3. The van der Waals surface area contributed by atoms with Crippen LogP contribution in [0.25, 0.3) is 0 Å². The molecule has 1 amide bonds. The monoisotopic (exact) mass is 414 g/mol. The van der Waals surface area contributed by atoms with E-state index >= 15 is 0 Å². The molecule has 3 heterocycles. The zero-order valence-electron chi connectivity index (χ0n) is 16.3. The van der Waals surface area contributed by atoms with E-state index in [-0.39, 0.29) is 24.3 Å². The number of aryl methyl sites for hydroxylation is 1. The van der Waals surface area contributed by atoms with Gasteiger partial charge in [0.1, 0.15) is 29.1 Å². The minimum Gasteiger partial charge on any atom is -0.368 e. The number of morpholine rings is 1. The topological polar surface area (TPSA) is 81.4 Å². The Bertz CT molecular complexity index is 1040. The first-order valence-electron chi connectivity index (χ1n) is 9.57. The quantitative estimate of drug-likeness (QED) is 0.639. The Labute approximate surface area is 171 Å². The molecule has 0 N–H and O–H groups in total. The van der Waals surface area contributed by atoms with E-state index in [0.29, 0.717) is 42.5 Å². The Morgan fingerprint density at radius 1 is 1.17 bits per heavy atom. The highest BCUT2D eigenvalue weighted by molar-refractivity contribution is 5.78. The van der Waals surface area contributed by atoms with E-state index in [0.717, 1.165) is 0 Å². The van der Waals surface area contributed by atoms with Gasteiger partial charge in [0.2, 0.25) is 5.91 Å². The van der Waals surface area contributed by atoms with Crippen molar-refractivity contribution in [3.8, 4) is 0 Å². The highest BCUT2D eigenvalue weighted by Crippen LogP contribution is 2.23. The summed E-state index contributed by atoms with van der Waals surface area (Å²) < 4.78 is 38.4. The lowest BCUT2D eigenvalue weighted by molar-refractivity contribution is -0.138. The van der Waals surface area contributed by atoms with Crippen molar-refractivity contribution < 1.29 is 22.9 Å². The van der Waals surface area contributed by atoms with Crippen LogP contribution in [0.2, 0.25) is 0 Å². The van der Waals surface area contributed by atoms with Crippen LogP contribution in [0.5, 0.6) is 0 Å². The van der Waals surface area contributed by atoms with Crippen LogP contribution in [0.1, 0.15) is 34.4 Å². The minimum absolute atomic E-state index is 0.0277. The maximum absolute atomic E-state index is 14.0. The Balaban J connectivity index is 1.47. The number of benzene rings is 1. The van der Waals surface area contributed by atoms with E-state index in [1.54, 1.807) is 30.0 Å². The first kappa shape index (κ1) is 20.1. The van der Waals surface area contributed by atoms with Gasteiger partial charge in [-0.3, -0.25) is 9.78 Å². The molecule has 30 heavy (non-hydrogen) atoms. The zero-order valence-corrected chi connectivity index (χ0v) is 16.3. The maximum atomic E-state index is 14.0. The number of amides is 1. The number of halogens is 2. The predicted octanol–water partition coefficient (Wildman–Crippen LogP) is 2.78. The summed E-state index contributed by atoms with van der Waals surface area (Å²) in [5, 5.41) is 7.44. The number of pyridine rings is 1. The van der Waals surface area contributed by atoms with Crippen molar-refractivity contribution in [2.75, 3.05) is 19.7 Å². The van der Waals surface area contributed by atoms with E-state index in [1.807, 2.05) is 0 Å². The average molecular weight is 414 g/mol. The Hall–Kier alpha value is -3.20. The second kappa shape index (κ2) is 8.66. The van der Waals surface area contributed by atoms with Gasteiger partial charge in [0.25, 0.3) is 0 Å². The number of rotatable bonds is 5. The highest BCUT2D eigenvalue weighted by Gasteiger charge is 2.27. The first-order valence-corrected chi connectivity index (χ1v) is 9.57. The molecule has 0 bridgehead atoms. The summed E-state index contributed by atoms with van der Waals surface area (Å²) in [6.07, 6.45) is -0.299. The van der Waals surface area contributed by atoms with Crippen molar-refractivity contribution in [3.05, 3.63) is 76.4 Å². The van der Waals surface area contributed by atoms with Crippen molar-refractivity contribution in [2.45, 2.75) is 25.9 Å². The van der Waals surface area contributed by atoms with Gasteiger partial charge in [0.15, 0.2) is 0 Å². The number of carbonyl (C=O) groups excluding carboxylic acids is 1. The van der Waals surface area contributed by atoms with Gasteiger partial charge < -0.3 is 9.64 Å². The molecule has 0 spiro atoms. The van der Waals surface area contributed by atoms with Crippen LogP contribution in [-0.4, -0.2) is 45.8 Å². The number of ether oxygens (including phenoxy) is 1. The van der Waals surface area contributed by atoms with Gasteiger partial charge >= 0.3 is 0 Å². The second-order valence-corrected chi connectivity index (χ2v) is 7.10. The van der Waals surface area contributed by atoms with Crippen molar-refractivity contribution in [1.82, 2.24) is 20.2 Å². The molecule has 1 aliphatic heterocycles. The fourth-order valence-electron chi connectivity index (χ4n) is 3.38. The molecule has 0 saturated carbocycles. The molecule has 4 rings (SSSR count). The fourth-order valence-corrected chi connectivity index (χ4v) is 3.38. The molecule has 3 aromatic rings. The third kappa shape index (κ3) is 4.35. The predicted molar refractivity (Wildman–Crippen MR) is 101 cm³/mol. The maximum Gasteiger partial charge on any atom is 0.228 e. The van der Waals surface area contributed by atoms with Crippen LogP contribution >= 0.6 is 0 Å². The van der Waals surface area contributed by atoms with Gasteiger partial charge in [-0.15, -0.1) is 0 Å². The molecule has 1 saturated heterocycles. The number of aromatic nitrogens is 3. The van der Waals surface area contributed by atoms with Crippen LogP contribution in [0.3, 0.4) is 0 Å². The molecule has 2 aromatic heterocycles. The lowest BCUT2D eigenvalue weighted by Crippen LogP contribution is -2.43. The van der Waals surface area contributed by atoms with E-state index < -0.39 is 17.7 Å². The molecule has 1 aromatic carbocycles. The summed E-state index contributed by atoms with van der Waals surface area (Å²) in [6, 6.07) is 9.04. The molecular weight excluding hydrogens is 394 g/mol. The van der Waals surface area contributed by atoms with Gasteiger partial charge in [-0.25, -0.2) is 13.4 Å². The van der Waals surface area contributed by atoms with Crippen LogP contribution in [0.4, 0.5) is 8.78 Å². The lowest BCUT2D eigenvalue weighted by atomic mass is 10.1. The summed E-state index contributed by atoms with van der Waals surface area (Å²) in [5.41, 5.74) is 2.20. The summed E-state index contributed by atoms with van der Waals surface area (Å²) in [6.45, 7) is 2.88. The molecule has 0 aliphatic carbocycles. The van der Waals surface area contributed by atoms with E-state index in [2.05, 4.69) is 19.9 Å². The second-order valence-electron chi connectivity index (χ2n) is 7.10. The number of carbonyl (C=O) groups is 1. The standard InChI is InChI=1S/C21H20F2N4O3/c1-13-19(26-30-25-13)11-21(28)27-8-9-29-20(12-27)18-7-2-4-14(24-18)10-15-16(22)5-3-6-17(15)23/h2-7,20H,8-12H2,1H3/t20-/m0/s1. The summed E-state index contributed by atoms with van der Waals surface area (Å²) >= 11 is 0. The summed E-state index contributed by atoms with van der Waals surface area (Å²) in [4.78, 5) is 18.8. The van der Waals surface area contributed by atoms with Crippen LogP contribution < -0.4 is 0 Å². The van der Waals surface area contributed by atoms with Gasteiger partial charge in [0, 0.05) is 24.2 Å². The van der Waals surface area contributed by atoms with Crippen molar-refractivity contribution in [3.63, 3.8) is 0 Å². The van der Waals surface area contributed by atoms with Gasteiger partial charge in [-0.05, 0) is 31.2 Å². The molecule has 9 heteroatoms. The number of nitrogens with zero attached hydrogens (tertiary/aromatic N) is 4. The molecule has 1 atom stereocenters. The molecule has 0 unspecified atom stereocenters. The van der Waals surface area contributed by atoms with E-state index in [1.165, 1.54) is 18.2 Å². The Kier molecular flexibility index (Phi) is 5.80. The third-order valence-corrected chi connectivity index (χ3v) is 5.06. The SMILES string of the molecule is Cc1nonc1CC(=O)N1CCO[C@H](c2cccc(Cc3c(F)cccc3F)n2)C1. The third-order valence-electron chi connectivity index (χ3n) is 5.06. The smallest absolute Gasteiger partial charge is 0.228 e.